The zero-order valence-electron chi connectivity index (χ0n) is 9.67. The van der Waals surface area contributed by atoms with Crippen LogP contribution >= 0.6 is 0 Å². The number of carbonyl (C=O) groups excluding carboxylic acids is 1. The van der Waals surface area contributed by atoms with E-state index in [1.165, 1.54) is 13.2 Å². The van der Waals surface area contributed by atoms with Crippen molar-refractivity contribution in [2.24, 2.45) is 5.73 Å². The Labute approximate surface area is 97.8 Å². The highest BCUT2D eigenvalue weighted by molar-refractivity contribution is 5.72. The number of pyridine rings is 1. The van der Waals surface area contributed by atoms with E-state index in [0.717, 1.165) is 0 Å². The molecular weight excluding hydrogens is 230 g/mol. The molecule has 0 aliphatic rings. The van der Waals surface area contributed by atoms with Crippen LogP contribution in [-0.2, 0) is 22.5 Å². The number of hydrogen-bond donors (Lipinski definition) is 1. The Morgan fingerprint density at radius 1 is 1.59 bits per heavy atom. The average Bonchev–Trinajstić information content (AvgIpc) is 2.30. The summed E-state index contributed by atoms with van der Waals surface area (Å²) in [5.41, 5.74) is 6.25. The van der Waals surface area contributed by atoms with Gasteiger partial charge >= 0.3 is 5.97 Å². The molecule has 0 atom stereocenters. The van der Waals surface area contributed by atoms with Crippen molar-refractivity contribution in [3.8, 4) is 0 Å². The molecule has 94 valence electrons. The third-order valence-corrected chi connectivity index (χ3v) is 2.40. The van der Waals surface area contributed by atoms with Gasteiger partial charge in [-0.15, -0.1) is 0 Å². The topological polar surface area (TPSA) is 65.2 Å². The number of esters is 1. The number of halogens is 2. The van der Waals surface area contributed by atoms with Gasteiger partial charge in [0.25, 0.3) is 6.43 Å². The number of hydrogen-bond acceptors (Lipinski definition) is 4. The number of carbonyl (C=O) groups is 1. The average molecular weight is 244 g/mol. The molecule has 0 bridgehead atoms. The van der Waals surface area contributed by atoms with Gasteiger partial charge in [0.15, 0.2) is 0 Å². The lowest BCUT2D eigenvalue weighted by atomic mass is 10.1. The lowest BCUT2D eigenvalue weighted by molar-refractivity contribution is -0.139. The second-order valence-corrected chi connectivity index (χ2v) is 3.55. The molecule has 1 rings (SSSR count). The fourth-order valence-corrected chi connectivity index (χ4v) is 1.46. The first-order valence-electron chi connectivity index (χ1n) is 5.04. The predicted octanol–water partition coefficient (Wildman–Crippen LogP) is 1.50. The number of aryl methyl sites for hydroxylation is 1. The van der Waals surface area contributed by atoms with Crippen molar-refractivity contribution in [1.29, 1.82) is 0 Å². The monoisotopic (exact) mass is 244 g/mol. The van der Waals surface area contributed by atoms with Crippen LogP contribution in [0.1, 0.15) is 28.9 Å². The first-order valence-corrected chi connectivity index (χ1v) is 5.04. The summed E-state index contributed by atoms with van der Waals surface area (Å²) in [7, 11) is 1.24. The van der Waals surface area contributed by atoms with Gasteiger partial charge in [-0.25, -0.2) is 8.78 Å². The Hall–Kier alpha value is -1.56. The van der Waals surface area contributed by atoms with Crippen molar-refractivity contribution in [2.45, 2.75) is 26.3 Å². The second-order valence-electron chi connectivity index (χ2n) is 3.55. The van der Waals surface area contributed by atoms with Crippen LogP contribution < -0.4 is 5.73 Å². The first-order chi connectivity index (χ1) is 7.99. The summed E-state index contributed by atoms with van der Waals surface area (Å²) in [5, 5.41) is 0. The van der Waals surface area contributed by atoms with E-state index in [1.807, 2.05) is 0 Å². The second kappa shape index (κ2) is 5.67. The molecule has 0 spiro atoms. The lowest BCUT2D eigenvalue weighted by Crippen LogP contribution is -2.12. The van der Waals surface area contributed by atoms with Crippen LogP contribution in [-0.4, -0.2) is 18.1 Å². The van der Waals surface area contributed by atoms with Crippen molar-refractivity contribution in [3.63, 3.8) is 0 Å². The molecule has 0 fully saturated rings. The molecule has 4 nitrogen and oxygen atoms in total. The molecule has 0 unspecified atom stereocenters. The number of nitrogens with two attached hydrogens (primary N) is 1. The number of ether oxygens (including phenoxy) is 1. The minimum absolute atomic E-state index is 0.00792. The zero-order chi connectivity index (χ0) is 13.0. The number of aromatic nitrogens is 1. The van der Waals surface area contributed by atoms with Gasteiger partial charge in [0.1, 0.15) is 5.69 Å². The van der Waals surface area contributed by atoms with E-state index >= 15 is 0 Å². The van der Waals surface area contributed by atoms with Crippen molar-refractivity contribution in [3.05, 3.63) is 28.6 Å². The van der Waals surface area contributed by atoms with Crippen molar-refractivity contribution >= 4 is 5.97 Å². The lowest BCUT2D eigenvalue weighted by Gasteiger charge is -2.11. The van der Waals surface area contributed by atoms with Crippen LogP contribution in [0.25, 0.3) is 0 Å². The summed E-state index contributed by atoms with van der Waals surface area (Å²) < 4.78 is 29.9. The molecule has 0 aliphatic carbocycles. The summed E-state index contributed by atoms with van der Waals surface area (Å²) in [5.74, 6) is -0.513. The predicted molar refractivity (Wildman–Crippen MR) is 57.5 cm³/mol. The maximum Gasteiger partial charge on any atom is 0.311 e. The number of nitrogens with zero attached hydrogens (tertiary/aromatic N) is 1. The van der Waals surface area contributed by atoms with E-state index in [1.54, 1.807) is 6.92 Å². The molecular formula is C11H14F2N2O2. The number of rotatable bonds is 4. The van der Waals surface area contributed by atoms with Crippen molar-refractivity contribution < 1.29 is 18.3 Å². The Bertz CT molecular complexity index is 422. The normalized spacial score (nSPS) is 10.7. The molecule has 0 aliphatic heterocycles. The molecule has 0 saturated heterocycles. The van der Waals surface area contributed by atoms with Crippen molar-refractivity contribution in [2.75, 3.05) is 7.11 Å². The van der Waals surface area contributed by atoms with E-state index < -0.39 is 12.4 Å². The third-order valence-electron chi connectivity index (χ3n) is 2.40. The minimum Gasteiger partial charge on any atom is -0.469 e. The van der Waals surface area contributed by atoms with Gasteiger partial charge in [0, 0.05) is 6.54 Å². The molecule has 1 aromatic rings. The standard InChI is InChI=1S/C11H14F2N2O2/c1-6-3-7(5-14)10(11(12)13)15-8(6)4-9(16)17-2/h3,11H,4-5,14H2,1-2H3. The quantitative estimate of drug-likeness (QED) is 0.815. The highest BCUT2D eigenvalue weighted by Crippen LogP contribution is 2.23. The summed E-state index contributed by atoms with van der Waals surface area (Å²) in [4.78, 5) is 14.9. The first kappa shape index (κ1) is 13.5. The molecule has 0 aromatic carbocycles. The van der Waals surface area contributed by atoms with Gasteiger partial charge in [-0.1, -0.05) is 6.07 Å². The molecule has 17 heavy (non-hydrogen) atoms. The van der Waals surface area contributed by atoms with Crippen LogP contribution in [0.15, 0.2) is 6.07 Å². The maximum absolute atomic E-state index is 12.7. The summed E-state index contributed by atoms with van der Waals surface area (Å²) in [6.07, 6.45) is -2.82. The third kappa shape index (κ3) is 3.20. The van der Waals surface area contributed by atoms with Crippen LogP contribution in [0.5, 0.6) is 0 Å². The van der Waals surface area contributed by atoms with Gasteiger partial charge < -0.3 is 10.5 Å². The highest BCUT2D eigenvalue weighted by atomic mass is 19.3. The van der Waals surface area contributed by atoms with Crippen LogP contribution in [0.4, 0.5) is 8.78 Å². The van der Waals surface area contributed by atoms with E-state index in [2.05, 4.69) is 9.72 Å². The van der Waals surface area contributed by atoms with Crippen LogP contribution in [0.3, 0.4) is 0 Å². The largest absolute Gasteiger partial charge is 0.469 e. The fraction of sp³-hybridized carbons (Fsp3) is 0.455. The molecule has 1 aromatic heterocycles. The van der Waals surface area contributed by atoms with E-state index in [9.17, 15) is 13.6 Å². The van der Waals surface area contributed by atoms with Crippen LogP contribution in [0.2, 0.25) is 0 Å². The molecule has 6 heteroatoms. The highest BCUT2D eigenvalue weighted by Gasteiger charge is 2.18. The van der Waals surface area contributed by atoms with Gasteiger partial charge in [0.2, 0.25) is 0 Å². The van der Waals surface area contributed by atoms with Gasteiger partial charge in [-0.3, -0.25) is 9.78 Å². The van der Waals surface area contributed by atoms with Gasteiger partial charge in [-0.05, 0) is 18.1 Å². The maximum atomic E-state index is 12.7. The molecule has 0 amide bonds. The van der Waals surface area contributed by atoms with E-state index in [0.29, 0.717) is 16.8 Å². The summed E-state index contributed by atoms with van der Waals surface area (Å²) in [6, 6.07) is 1.53. The van der Waals surface area contributed by atoms with Crippen molar-refractivity contribution in [1.82, 2.24) is 4.98 Å². The van der Waals surface area contributed by atoms with Gasteiger partial charge in [-0.2, -0.15) is 0 Å². The molecule has 2 N–H and O–H groups in total. The number of alkyl halides is 2. The fourth-order valence-electron chi connectivity index (χ4n) is 1.46. The SMILES string of the molecule is COC(=O)Cc1nc(C(F)F)c(CN)cc1C. The Morgan fingerprint density at radius 3 is 2.71 bits per heavy atom. The summed E-state index contributed by atoms with van der Waals surface area (Å²) in [6.45, 7) is 1.69. The smallest absolute Gasteiger partial charge is 0.311 e. The van der Waals surface area contributed by atoms with E-state index in [4.69, 9.17) is 5.73 Å². The summed E-state index contributed by atoms with van der Waals surface area (Å²) >= 11 is 0. The zero-order valence-corrected chi connectivity index (χ0v) is 9.67. The molecule has 0 radical (unpaired) electrons. The minimum atomic E-state index is -2.70. The Balaban J connectivity index is 3.15. The van der Waals surface area contributed by atoms with Crippen LogP contribution in [0, 0.1) is 6.92 Å². The Kier molecular flexibility index (Phi) is 4.51. The van der Waals surface area contributed by atoms with E-state index in [-0.39, 0.29) is 18.7 Å². The molecule has 0 saturated carbocycles. The number of methoxy groups -OCH3 is 1. The Morgan fingerprint density at radius 2 is 2.24 bits per heavy atom. The van der Waals surface area contributed by atoms with Gasteiger partial charge in [0.05, 0.1) is 19.2 Å². The molecule has 1 heterocycles.